The molecule has 0 aromatic carbocycles. The normalized spacial score (nSPS) is 12.9. The zero-order valence-corrected chi connectivity index (χ0v) is 9.45. The zero-order chi connectivity index (χ0) is 10.6. The summed E-state index contributed by atoms with van der Waals surface area (Å²) in [5.74, 6) is 1.92. The van der Waals surface area contributed by atoms with Gasteiger partial charge in [0.15, 0.2) is 0 Å². The van der Waals surface area contributed by atoms with Gasteiger partial charge in [-0.3, -0.25) is 0 Å². The van der Waals surface area contributed by atoms with Crippen LogP contribution in [0.5, 0.6) is 5.88 Å². The van der Waals surface area contributed by atoms with Crippen LogP contribution in [0, 0.1) is 5.92 Å². The molecule has 1 heterocycles. The summed E-state index contributed by atoms with van der Waals surface area (Å²) in [6.07, 6.45) is 1.17. The van der Waals surface area contributed by atoms with E-state index in [1.807, 2.05) is 12.1 Å². The van der Waals surface area contributed by atoms with Crippen LogP contribution >= 0.6 is 0 Å². The lowest BCUT2D eigenvalue weighted by atomic mass is 9.96. The molecular formula is C12H19NO. The van der Waals surface area contributed by atoms with Crippen LogP contribution in [0.1, 0.15) is 38.8 Å². The Kier molecular flexibility index (Phi) is 3.93. The molecule has 0 saturated heterocycles. The molecule has 1 aromatic rings. The Morgan fingerprint density at radius 1 is 1.29 bits per heavy atom. The van der Waals surface area contributed by atoms with E-state index in [4.69, 9.17) is 4.74 Å². The molecule has 1 unspecified atom stereocenters. The molecular weight excluding hydrogens is 174 g/mol. The van der Waals surface area contributed by atoms with E-state index in [0.29, 0.717) is 17.7 Å². The molecule has 14 heavy (non-hydrogen) atoms. The van der Waals surface area contributed by atoms with Crippen LogP contribution in [0.15, 0.2) is 18.2 Å². The summed E-state index contributed by atoms with van der Waals surface area (Å²) in [5.41, 5.74) is 1.12. The number of methoxy groups -OCH3 is 1. The molecule has 2 heteroatoms. The number of hydrogen-bond acceptors (Lipinski definition) is 2. The minimum atomic E-state index is 0.505. The summed E-state index contributed by atoms with van der Waals surface area (Å²) in [6.45, 7) is 6.68. The zero-order valence-electron chi connectivity index (χ0n) is 9.45. The van der Waals surface area contributed by atoms with Crippen molar-refractivity contribution in [1.29, 1.82) is 0 Å². The minimum absolute atomic E-state index is 0.505. The maximum Gasteiger partial charge on any atom is 0.213 e. The van der Waals surface area contributed by atoms with Gasteiger partial charge in [0.2, 0.25) is 5.88 Å². The maximum absolute atomic E-state index is 5.10. The molecule has 1 rings (SSSR count). The molecule has 2 nitrogen and oxygen atoms in total. The number of nitrogens with zero attached hydrogens (tertiary/aromatic N) is 1. The maximum atomic E-state index is 5.10. The first kappa shape index (κ1) is 11.0. The quantitative estimate of drug-likeness (QED) is 0.732. The lowest BCUT2D eigenvalue weighted by molar-refractivity contribution is 0.393. The summed E-state index contributed by atoms with van der Waals surface area (Å²) in [7, 11) is 1.65. The Balaban J connectivity index is 2.73. The average Bonchev–Trinajstić information content (AvgIpc) is 2.17. The molecule has 0 N–H and O–H groups in total. The van der Waals surface area contributed by atoms with Crippen molar-refractivity contribution in [3.63, 3.8) is 0 Å². The average molecular weight is 193 g/mol. The highest BCUT2D eigenvalue weighted by molar-refractivity contribution is 5.18. The number of rotatable bonds is 4. The van der Waals surface area contributed by atoms with Crippen molar-refractivity contribution in [2.75, 3.05) is 7.11 Å². The fourth-order valence-corrected chi connectivity index (χ4v) is 1.65. The molecule has 1 atom stereocenters. The SMILES string of the molecule is COc1cccc(C(C)CC(C)C)n1. The Hall–Kier alpha value is -1.05. The molecule has 0 spiro atoms. The minimum Gasteiger partial charge on any atom is -0.481 e. The number of hydrogen-bond donors (Lipinski definition) is 0. The first-order valence-electron chi connectivity index (χ1n) is 5.14. The van der Waals surface area contributed by atoms with Gasteiger partial charge in [-0.1, -0.05) is 26.8 Å². The van der Waals surface area contributed by atoms with Crippen molar-refractivity contribution in [1.82, 2.24) is 4.98 Å². The van der Waals surface area contributed by atoms with E-state index in [9.17, 15) is 0 Å². The van der Waals surface area contributed by atoms with E-state index >= 15 is 0 Å². The predicted molar refractivity (Wildman–Crippen MR) is 58.7 cm³/mol. The third-order valence-electron chi connectivity index (χ3n) is 2.28. The highest BCUT2D eigenvalue weighted by Gasteiger charge is 2.09. The summed E-state index contributed by atoms with van der Waals surface area (Å²) in [6, 6.07) is 5.94. The van der Waals surface area contributed by atoms with E-state index in [1.165, 1.54) is 6.42 Å². The monoisotopic (exact) mass is 193 g/mol. The Labute approximate surface area is 86.3 Å². The van der Waals surface area contributed by atoms with Crippen molar-refractivity contribution >= 4 is 0 Å². The Morgan fingerprint density at radius 2 is 2.00 bits per heavy atom. The number of pyridine rings is 1. The lowest BCUT2D eigenvalue weighted by Gasteiger charge is -2.13. The van der Waals surface area contributed by atoms with Gasteiger partial charge in [0, 0.05) is 11.8 Å². The molecule has 0 aliphatic rings. The highest BCUT2D eigenvalue weighted by Crippen LogP contribution is 2.22. The van der Waals surface area contributed by atoms with E-state index in [-0.39, 0.29) is 0 Å². The summed E-state index contributed by atoms with van der Waals surface area (Å²) >= 11 is 0. The van der Waals surface area contributed by atoms with E-state index in [1.54, 1.807) is 7.11 Å². The van der Waals surface area contributed by atoms with E-state index in [0.717, 1.165) is 5.69 Å². The van der Waals surface area contributed by atoms with Crippen LogP contribution in [0.2, 0.25) is 0 Å². The van der Waals surface area contributed by atoms with Crippen molar-refractivity contribution in [2.45, 2.75) is 33.1 Å². The van der Waals surface area contributed by atoms with Crippen LogP contribution in [0.25, 0.3) is 0 Å². The second-order valence-corrected chi connectivity index (χ2v) is 4.14. The van der Waals surface area contributed by atoms with Crippen molar-refractivity contribution < 1.29 is 4.74 Å². The number of aromatic nitrogens is 1. The molecule has 1 aromatic heterocycles. The summed E-state index contributed by atoms with van der Waals surface area (Å²) in [4.78, 5) is 4.42. The standard InChI is InChI=1S/C12H19NO/c1-9(2)8-10(3)11-6-5-7-12(13-11)14-4/h5-7,9-10H,8H2,1-4H3. The lowest BCUT2D eigenvalue weighted by Crippen LogP contribution is -2.02. The fourth-order valence-electron chi connectivity index (χ4n) is 1.65. The van der Waals surface area contributed by atoms with Gasteiger partial charge < -0.3 is 4.74 Å². The van der Waals surface area contributed by atoms with Gasteiger partial charge in [-0.05, 0) is 24.3 Å². The van der Waals surface area contributed by atoms with Gasteiger partial charge in [0.05, 0.1) is 7.11 Å². The number of ether oxygens (including phenoxy) is 1. The molecule has 0 radical (unpaired) electrons. The highest BCUT2D eigenvalue weighted by atomic mass is 16.5. The Morgan fingerprint density at radius 3 is 2.57 bits per heavy atom. The third kappa shape index (κ3) is 3.02. The van der Waals surface area contributed by atoms with Gasteiger partial charge in [0.25, 0.3) is 0 Å². The van der Waals surface area contributed by atoms with Crippen LogP contribution < -0.4 is 4.74 Å². The van der Waals surface area contributed by atoms with Crippen molar-refractivity contribution in [3.05, 3.63) is 23.9 Å². The third-order valence-corrected chi connectivity index (χ3v) is 2.28. The predicted octanol–water partition coefficient (Wildman–Crippen LogP) is 3.24. The second kappa shape index (κ2) is 4.99. The van der Waals surface area contributed by atoms with Gasteiger partial charge in [-0.2, -0.15) is 0 Å². The van der Waals surface area contributed by atoms with Gasteiger partial charge in [0.1, 0.15) is 0 Å². The van der Waals surface area contributed by atoms with Crippen molar-refractivity contribution in [2.24, 2.45) is 5.92 Å². The van der Waals surface area contributed by atoms with E-state index < -0.39 is 0 Å². The van der Waals surface area contributed by atoms with E-state index in [2.05, 4.69) is 31.8 Å². The smallest absolute Gasteiger partial charge is 0.213 e. The molecule has 78 valence electrons. The van der Waals surface area contributed by atoms with Crippen LogP contribution in [-0.4, -0.2) is 12.1 Å². The van der Waals surface area contributed by atoms with Crippen LogP contribution in [0.3, 0.4) is 0 Å². The Bertz CT molecular complexity index is 283. The molecule has 0 aliphatic carbocycles. The molecule has 0 amide bonds. The summed E-state index contributed by atoms with van der Waals surface area (Å²) < 4.78 is 5.10. The topological polar surface area (TPSA) is 22.1 Å². The first-order chi connectivity index (χ1) is 6.63. The molecule has 0 fully saturated rings. The largest absolute Gasteiger partial charge is 0.481 e. The van der Waals surface area contributed by atoms with Gasteiger partial charge in [-0.15, -0.1) is 0 Å². The fraction of sp³-hybridized carbons (Fsp3) is 0.583. The molecule has 0 aliphatic heterocycles. The van der Waals surface area contributed by atoms with Crippen LogP contribution in [0.4, 0.5) is 0 Å². The second-order valence-electron chi connectivity index (χ2n) is 4.14. The molecule has 0 bridgehead atoms. The first-order valence-corrected chi connectivity index (χ1v) is 5.14. The molecule has 0 saturated carbocycles. The van der Waals surface area contributed by atoms with Crippen molar-refractivity contribution in [3.8, 4) is 5.88 Å². The van der Waals surface area contributed by atoms with Gasteiger partial charge in [-0.25, -0.2) is 4.98 Å². The van der Waals surface area contributed by atoms with Gasteiger partial charge >= 0.3 is 0 Å². The van der Waals surface area contributed by atoms with Crippen LogP contribution in [-0.2, 0) is 0 Å². The summed E-state index contributed by atoms with van der Waals surface area (Å²) in [5, 5.41) is 0.